The SMILES string of the molecule is O=C(C=Cc1ccco1)NC(=S)Nc1nc2ccc(O)cc2s1. The third-order valence-corrected chi connectivity index (χ3v) is 3.91. The summed E-state index contributed by atoms with van der Waals surface area (Å²) < 4.78 is 5.90. The lowest BCUT2D eigenvalue weighted by Gasteiger charge is -2.04. The van der Waals surface area contributed by atoms with E-state index in [-0.39, 0.29) is 16.8 Å². The number of furan rings is 1. The molecule has 0 radical (unpaired) electrons. The minimum absolute atomic E-state index is 0.141. The van der Waals surface area contributed by atoms with Gasteiger partial charge in [0.15, 0.2) is 10.2 Å². The molecule has 0 saturated heterocycles. The topological polar surface area (TPSA) is 87.4 Å². The fourth-order valence-corrected chi connectivity index (χ4v) is 2.96. The highest BCUT2D eigenvalue weighted by molar-refractivity contribution is 7.80. The van der Waals surface area contributed by atoms with Crippen molar-refractivity contribution in [1.82, 2.24) is 10.3 Å². The Morgan fingerprint density at radius 1 is 1.39 bits per heavy atom. The molecule has 2 aromatic heterocycles. The molecule has 3 aromatic rings. The summed E-state index contributed by atoms with van der Waals surface area (Å²) in [6.07, 6.45) is 4.39. The Bertz CT molecular complexity index is 885. The van der Waals surface area contributed by atoms with Crippen LogP contribution in [0.15, 0.2) is 47.1 Å². The number of aromatic nitrogens is 1. The number of anilines is 1. The molecule has 0 saturated carbocycles. The van der Waals surface area contributed by atoms with Gasteiger partial charge in [0, 0.05) is 6.08 Å². The van der Waals surface area contributed by atoms with Crippen LogP contribution in [0.1, 0.15) is 5.76 Å². The maximum atomic E-state index is 11.7. The molecule has 1 amide bonds. The number of thiocarbonyl (C=S) groups is 1. The smallest absolute Gasteiger partial charge is 0.250 e. The number of nitrogens with one attached hydrogen (secondary N) is 2. The number of hydrogen-bond donors (Lipinski definition) is 3. The summed E-state index contributed by atoms with van der Waals surface area (Å²) in [4.78, 5) is 16.1. The lowest BCUT2D eigenvalue weighted by atomic mass is 10.3. The number of benzene rings is 1. The van der Waals surface area contributed by atoms with Crippen LogP contribution in [-0.2, 0) is 4.79 Å². The van der Waals surface area contributed by atoms with Crippen LogP contribution in [0.4, 0.5) is 5.13 Å². The molecule has 0 bridgehead atoms. The number of rotatable bonds is 3. The van der Waals surface area contributed by atoms with Crippen LogP contribution in [0.5, 0.6) is 5.75 Å². The van der Waals surface area contributed by atoms with Crippen LogP contribution in [0.2, 0.25) is 0 Å². The Morgan fingerprint density at radius 3 is 3.04 bits per heavy atom. The summed E-state index contributed by atoms with van der Waals surface area (Å²) in [5.41, 5.74) is 0.738. The zero-order valence-electron chi connectivity index (χ0n) is 11.6. The number of amides is 1. The van der Waals surface area contributed by atoms with E-state index in [1.807, 2.05) is 0 Å². The number of hydrogen-bond acceptors (Lipinski definition) is 6. The highest BCUT2D eigenvalue weighted by Crippen LogP contribution is 2.28. The van der Waals surface area contributed by atoms with E-state index in [1.54, 1.807) is 36.4 Å². The zero-order valence-corrected chi connectivity index (χ0v) is 13.3. The van der Waals surface area contributed by atoms with Gasteiger partial charge in [0.1, 0.15) is 11.5 Å². The van der Waals surface area contributed by atoms with E-state index >= 15 is 0 Å². The molecule has 0 aliphatic heterocycles. The predicted octanol–water partition coefficient (Wildman–Crippen LogP) is 3.12. The van der Waals surface area contributed by atoms with Gasteiger partial charge in [-0.2, -0.15) is 0 Å². The second kappa shape index (κ2) is 6.59. The Hall–Kier alpha value is -2.71. The maximum Gasteiger partial charge on any atom is 0.250 e. The van der Waals surface area contributed by atoms with E-state index in [9.17, 15) is 9.90 Å². The molecule has 0 atom stereocenters. The van der Waals surface area contributed by atoms with Crippen molar-refractivity contribution in [3.8, 4) is 5.75 Å². The number of phenolic OH excluding ortho intramolecular Hbond substituents is 1. The fraction of sp³-hybridized carbons (Fsp3) is 0. The van der Waals surface area contributed by atoms with Gasteiger partial charge in [-0.25, -0.2) is 4.98 Å². The van der Waals surface area contributed by atoms with Gasteiger partial charge in [-0.1, -0.05) is 11.3 Å². The second-order valence-electron chi connectivity index (χ2n) is 4.46. The van der Waals surface area contributed by atoms with Gasteiger partial charge in [0.05, 0.1) is 16.5 Å². The average Bonchev–Trinajstić information content (AvgIpc) is 3.13. The van der Waals surface area contributed by atoms with E-state index in [0.29, 0.717) is 10.9 Å². The third kappa shape index (κ3) is 3.93. The summed E-state index contributed by atoms with van der Waals surface area (Å²) in [5, 5.41) is 15.5. The fourth-order valence-electron chi connectivity index (χ4n) is 1.79. The van der Waals surface area contributed by atoms with Gasteiger partial charge in [0.2, 0.25) is 5.91 Å². The van der Waals surface area contributed by atoms with Crippen molar-refractivity contribution in [2.24, 2.45) is 0 Å². The number of fused-ring (bicyclic) bond motifs is 1. The van der Waals surface area contributed by atoms with Crippen LogP contribution in [0.25, 0.3) is 16.3 Å². The minimum atomic E-state index is -0.377. The van der Waals surface area contributed by atoms with Gasteiger partial charge >= 0.3 is 0 Å². The molecule has 0 spiro atoms. The van der Waals surface area contributed by atoms with E-state index in [2.05, 4.69) is 15.6 Å². The second-order valence-corrected chi connectivity index (χ2v) is 5.90. The Labute approximate surface area is 140 Å². The van der Waals surface area contributed by atoms with Gasteiger partial charge in [0.25, 0.3) is 0 Å². The first-order chi connectivity index (χ1) is 11.1. The number of aromatic hydroxyl groups is 1. The van der Waals surface area contributed by atoms with Crippen LogP contribution in [0.3, 0.4) is 0 Å². The van der Waals surface area contributed by atoms with Gasteiger partial charge < -0.3 is 14.8 Å². The van der Waals surface area contributed by atoms with Crippen LogP contribution in [-0.4, -0.2) is 21.1 Å². The number of thiazole rings is 1. The summed E-state index contributed by atoms with van der Waals surface area (Å²) in [6, 6.07) is 8.35. The summed E-state index contributed by atoms with van der Waals surface area (Å²) in [7, 11) is 0. The van der Waals surface area contributed by atoms with Crippen molar-refractivity contribution >= 4 is 56.0 Å². The first kappa shape index (κ1) is 15.2. The molecule has 8 heteroatoms. The maximum absolute atomic E-state index is 11.7. The zero-order chi connectivity index (χ0) is 16.2. The molecule has 3 N–H and O–H groups in total. The van der Waals surface area contributed by atoms with Gasteiger partial charge in [-0.05, 0) is 48.6 Å². The van der Waals surface area contributed by atoms with Crippen LogP contribution >= 0.6 is 23.6 Å². The van der Waals surface area contributed by atoms with E-state index < -0.39 is 0 Å². The average molecular weight is 345 g/mol. The monoisotopic (exact) mass is 345 g/mol. The van der Waals surface area contributed by atoms with Crippen molar-refractivity contribution in [1.29, 1.82) is 0 Å². The molecule has 1 aromatic carbocycles. The largest absolute Gasteiger partial charge is 0.508 e. The van der Waals surface area contributed by atoms with Crippen molar-refractivity contribution in [3.63, 3.8) is 0 Å². The van der Waals surface area contributed by atoms with E-state index in [4.69, 9.17) is 16.6 Å². The third-order valence-electron chi connectivity index (χ3n) is 2.77. The lowest BCUT2D eigenvalue weighted by Crippen LogP contribution is -2.32. The van der Waals surface area contributed by atoms with Crippen LogP contribution in [0, 0.1) is 0 Å². The Morgan fingerprint density at radius 2 is 2.26 bits per heavy atom. The first-order valence-electron chi connectivity index (χ1n) is 6.53. The van der Waals surface area contributed by atoms with Crippen LogP contribution < -0.4 is 10.6 Å². The predicted molar refractivity (Wildman–Crippen MR) is 93.4 cm³/mol. The number of nitrogens with zero attached hydrogens (tertiary/aromatic N) is 1. The normalized spacial score (nSPS) is 11.0. The molecular formula is C15H11N3O3S2. The highest BCUT2D eigenvalue weighted by atomic mass is 32.1. The molecule has 0 fully saturated rings. The Balaban J connectivity index is 1.60. The molecular weight excluding hydrogens is 334 g/mol. The quantitative estimate of drug-likeness (QED) is 0.499. The molecule has 6 nitrogen and oxygen atoms in total. The molecule has 116 valence electrons. The Kier molecular flexibility index (Phi) is 4.35. The summed E-state index contributed by atoms with van der Waals surface area (Å²) in [5.74, 6) is 0.370. The van der Waals surface area contributed by atoms with Crippen molar-refractivity contribution in [2.45, 2.75) is 0 Å². The summed E-state index contributed by atoms with van der Waals surface area (Å²) >= 11 is 6.40. The van der Waals surface area contributed by atoms with Crippen molar-refractivity contribution in [3.05, 3.63) is 48.4 Å². The van der Waals surface area contributed by atoms with Crippen molar-refractivity contribution in [2.75, 3.05) is 5.32 Å². The van der Waals surface area contributed by atoms with Gasteiger partial charge in [-0.15, -0.1) is 0 Å². The number of carbonyl (C=O) groups excluding carboxylic acids is 1. The van der Waals surface area contributed by atoms with Gasteiger partial charge in [-0.3, -0.25) is 10.1 Å². The molecule has 3 rings (SSSR count). The minimum Gasteiger partial charge on any atom is -0.508 e. The molecule has 0 aliphatic carbocycles. The van der Waals surface area contributed by atoms with Crippen molar-refractivity contribution < 1.29 is 14.3 Å². The number of carbonyl (C=O) groups is 1. The molecule has 0 unspecified atom stereocenters. The first-order valence-corrected chi connectivity index (χ1v) is 7.76. The number of phenols is 1. The molecule has 0 aliphatic rings. The molecule has 2 heterocycles. The lowest BCUT2D eigenvalue weighted by molar-refractivity contribution is -0.115. The molecule has 23 heavy (non-hydrogen) atoms. The standard InChI is InChI=1S/C15H11N3O3S2/c19-9-3-5-11-12(8-9)23-15(16-11)18-14(22)17-13(20)6-4-10-2-1-7-21-10/h1-8,19H,(H2,16,17,18,20,22). The highest BCUT2D eigenvalue weighted by Gasteiger charge is 2.07. The van der Waals surface area contributed by atoms with E-state index in [1.165, 1.54) is 23.7 Å². The summed E-state index contributed by atoms with van der Waals surface area (Å²) in [6.45, 7) is 0. The van der Waals surface area contributed by atoms with E-state index in [0.717, 1.165) is 10.2 Å².